The second-order valence-electron chi connectivity index (χ2n) is 9.02. The second kappa shape index (κ2) is 9.76. The van der Waals surface area contributed by atoms with Crippen LogP contribution in [0.15, 0.2) is 59.5 Å². The van der Waals surface area contributed by atoms with Gasteiger partial charge in [0.2, 0.25) is 5.88 Å². The van der Waals surface area contributed by atoms with Crippen LogP contribution >= 0.6 is 23.2 Å². The Morgan fingerprint density at radius 3 is 2.43 bits per heavy atom. The lowest BCUT2D eigenvalue weighted by molar-refractivity contribution is 0.291. The molecule has 2 heterocycles. The summed E-state index contributed by atoms with van der Waals surface area (Å²) in [6.07, 6.45) is 1.71. The molecular weight excluding hydrogens is 490 g/mol. The first kappa shape index (κ1) is 24.8. The van der Waals surface area contributed by atoms with Crippen molar-refractivity contribution < 1.29 is 9.13 Å². The first-order valence-corrected chi connectivity index (χ1v) is 11.6. The third-order valence-corrected chi connectivity index (χ3v) is 5.91. The van der Waals surface area contributed by atoms with Gasteiger partial charge in [-0.25, -0.2) is 14.4 Å². The number of hydrogen-bond donors (Lipinski definition) is 0. The van der Waals surface area contributed by atoms with Crippen LogP contribution in [0.3, 0.4) is 0 Å². The number of benzene rings is 2. The molecule has 0 aliphatic heterocycles. The first-order valence-electron chi connectivity index (χ1n) is 10.8. The summed E-state index contributed by atoms with van der Waals surface area (Å²) < 4.78 is 20.1. The maximum absolute atomic E-state index is 13.2. The molecule has 0 bridgehead atoms. The fourth-order valence-electron chi connectivity index (χ4n) is 3.42. The number of halogens is 3. The first-order chi connectivity index (χ1) is 16.5. The highest BCUT2D eigenvalue weighted by molar-refractivity contribution is 6.33. The third kappa shape index (κ3) is 5.36. The predicted molar refractivity (Wildman–Crippen MR) is 135 cm³/mol. The Hall–Kier alpha value is -3.29. The Balaban J connectivity index is 1.72. The zero-order valence-electron chi connectivity index (χ0n) is 19.6. The van der Waals surface area contributed by atoms with E-state index in [2.05, 4.69) is 15.0 Å². The summed E-state index contributed by atoms with van der Waals surface area (Å²) in [7, 11) is 0. The lowest BCUT2D eigenvalue weighted by atomic mass is 9.95. The number of aromatic nitrogens is 4. The quantitative estimate of drug-likeness (QED) is 0.312. The fraction of sp³-hybridized carbons (Fsp3) is 0.231. The van der Waals surface area contributed by atoms with E-state index < -0.39 is 5.56 Å². The number of ether oxygens (including phenoxy) is 1. The molecule has 180 valence electrons. The van der Waals surface area contributed by atoms with E-state index in [4.69, 9.17) is 27.9 Å². The van der Waals surface area contributed by atoms with E-state index in [0.29, 0.717) is 33.6 Å². The summed E-state index contributed by atoms with van der Waals surface area (Å²) in [5.74, 6) is 0.685. The Morgan fingerprint density at radius 2 is 1.74 bits per heavy atom. The summed E-state index contributed by atoms with van der Waals surface area (Å²) in [6.45, 7) is 7.85. The van der Waals surface area contributed by atoms with Crippen molar-refractivity contribution >= 4 is 23.2 Å². The standard InChI is InChI=1S/C26H23Cl2FN4O2/c1-15-31-23(35-14-16-5-8-18(29)9-6-16)22(28)24(34)33(15)21-13-17(7-10-19(21)27)20-11-12-30-25(32-20)26(2,3)4/h5-13H,14H2,1-4H3. The van der Waals surface area contributed by atoms with Gasteiger partial charge in [0.25, 0.3) is 5.56 Å². The third-order valence-electron chi connectivity index (χ3n) is 5.26. The van der Waals surface area contributed by atoms with Gasteiger partial charge >= 0.3 is 0 Å². The van der Waals surface area contributed by atoms with Crippen molar-refractivity contribution in [2.45, 2.75) is 39.7 Å². The SMILES string of the molecule is Cc1nc(OCc2ccc(F)cc2)c(Cl)c(=O)n1-c1cc(-c2ccnc(C(C)(C)C)n2)ccc1Cl. The molecule has 0 N–H and O–H groups in total. The number of rotatable bonds is 5. The molecule has 9 heteroatoms. The van der Waals surface area contributed by atoms with Crippen LogP contribution in [0.25, 0.3) is 16.9 Å². The molecule has 0 saturated heterocycles. The van der Waals surface area contributed by atoms with Gasteiger partial charge in [0.1, 0.15) is 24.1 Å². The van der Waals surface area contributed by atoms with Crippen LogP contribution in [0, 0.1) is 12.7 Å². The van der Waals surface area contributed by atoms with Gasteiger partial charge in [-0.1, -0.05) is 62.2 Å². The summed E-state index contributed by atoms with van der Waals surface area (Å²) in [5.41, 5.74) is 1.84. The highest BCUT2D eigenvalue weighted by atomic mass is 35.5. The Bertz CT molecular complexity index is 1450. The monoisotopic (exact) mass is 512 g/mol. The molecule has 2 aromatic carbocycles. The lowest BCUT2D eigenvalue weighted by Crippen LogP contribution is -2.24. The molecule has 4 rings (SSSR count). The van der Waals surface area contributed by atoms with Crippen molar-refractivity contribution in [3.05, 3.63) is 98.2 Å². The molecule has 0 spiro atoms. The molecule has 6 nitrogen and oxygen atoms in total. The van der Waals surface area contributed by atoms with Crippen LogP contribution in [0.5, 0.6) is 5.88 Å². The lowest BCUT2D eigenvalue weighted by Gasteiger charge is -2.18. The van der Waals surface area contributed by atoms with Crippen LogP contribution in [-0.2, 0) is 12.0 Å². The van der Waals surface area contributed by atoms with E-state index >= 15 is 0 Å². The average Bonchev–Trinajstić information content (AvgIpc) is 2.82. The van der Waals surface area contributed by atoms with Crippen LogP contribution in [-0.4, -0.2) is 19.5 Å². The van der Waals surface area contributed by atoms with Crippen LogP contribution in [0.4, 0.5) is 4.39 Å². The molecule has 35 heavy (non-hydrogen) atoms. The molecule has 0 atom stereocenters. The van der Waals surface area contributed by atoms with Gasteiger partial charge in [0.05, 0.1) is 16.4 Å². The molecule has 4 aromatic rings. The summed E-state index contributed by atoms with van der Waals surface area (Å²) in [5, 5.41) is 0.165. The molecule has 0 amide bonds. The molecular formula is C26H23Cl2FN4O2. The number of hydrogen-bond acceptors (Lipinski definition) is 5. The minimum atomic E-state index is -0.523. The van der Waals surface area contributed by atoms with Crippen molar-refractivity contribution in [3.8, 4) is 22.8 Å². The number of nitrogens with zero attached hydrogens (tertiary/aromatic N) is 4. The van der Waals surface area contributed by atoms with E-state index in [1.165, 1.54) is 16.7 Å². The minimum absolute atomic E-state index is 0.00682. The van der Waals surface area contributed by atoms with Gasteiger partial charge < -0.3 is 4.74 Å². The highest BCUT2D eigenvalue weighted by Gasteiger charge is 2.20. The largest absolute Gasteiger partial charge is 0.472 e. The van der Waals surface area contributed by atoms with Gasteiger partial charge in [0, 0.05) is 17.2 Å². The van der Waals surface area contributed by atoms with Gasteiger partial charge in [-0.3, -0.25) is 9.36 Å². The van der Waals surface area contributed by atoms with Crippen LogP contribution < -0.4 is 10.3 Å². The molecule has 0 aliphatic carbocycles. The van der Waals surface area contributed by atoms with Crippen LogP contribution in [0.2, 0.25) is 10.0 Å². The van der Waals surface area contributed by atoms with E-state index in [1.54, 1.807) is 43.5 Å². The second-order valence-corrected chi connectivity index (χ2v) is 9.80. The Labute approximate surface area is 212 Å². The van der Waals surface area contributed by atoms with Crippen molar-refractivity contribution in [2.24, 2.45) is 0 Å². The summed E-state index contributed by atoms with van der Waals surface area (Å²) >= 11 is 12.8. The van der Waals surface area contributed by atoms with Gasteiger partial charge in [-0.15, -0.1) is 0 Å². The fourth-order valence-corrected chi connectivity index (χ4v) is 3.80. The Kier molecular flexibility index (Phi) is 6.92. The van der Waals surface area contributed by atoms with Gasteiger partial charge in [0.15, 0.2) is 5.02 Å². The van der Waals surface area contributed by atoms with Crippen molar-refractivity contribution in [1.29, 1.82) is 0 Å². The average molecular weight is 513 g/mol. The zero-order chi connectivity index (χ0) is 25.3. The molecule has 0 fully saturated rings. The summed E-state index contributed by atoms with van der Waals surface area (Å²) in [4.78, 5) is 26.7. The highest BCUT2D eigenvalue weighted by Crippen LogP contribution is 2.29. The molecule has 0 aliphatic rings. The predicted octanol–water partition coefficient (Wildman–Crippen LogP) is 6.32. The smallest absolute Gasteiger partial charge is 0.280 e. The summed E-state index contributed by atoms with van der Waals surface area (Å²) in [6, 6.07) is 12.9. The minimum Gasteiger partial charge on any atom is -0.472 e. The van der Waals surface area contributed by atoms with Crippen molar-refractivity contribution in [2.75, 3.05) is 0 Å². The van der Waals surface area contributed by atoms with E-state index in [9.17, 15) is 9.18 Å². The Morgan fingerprint density at radius 1 is 1.03 bits per heavy atom. The molecule has 0 radical (unpaired) electrons. The zero-order valence-corrected chi connectivity index (χ0v) is 21.2. The maximum atomic E-state index is 13.2. The molecule has 0 unspecified atom stereocenters. The molecule has 0 saturated carbocycles. The van der Waals surface area contributed by atoms with E-state index in [0.717, 1.165) is 5.56 Å². The van der Waals surface area contributed by atoms with E-state index in [1.807, 2.05) is 26.8 Å². The van der Waals surface area contributed by atoms with Crippen LogP contribution in [0.1, 0.15) is 38.0 Å². The maximum Gasteiger partial charge on any atom is 0.280 e. The van der Waals surface area contributed by atoms with Gasteiger partial charge in [-0.2, -0.15) is 4.98 Å². The number of aryl methyl sites for hydroxylation is 1. The molecule has 2 aromatic heterocycles. The van der Waals surface area contributed by atoms with E-state index in [-0.39, 0.29) is 28.7 Å². The topological polar surface area (TPSA) is 69.9 Å². The normalized spacial score (nSPS) is 11.5. The van der Waals surface area contributed by atoms with Gasteiger partial charge in [-0.05, 0) is 42.8 Å². The van der Waals surface area contributed by atoms with Crippen molar-refractivity contribution in [3.63, 3.8) is 0 Å². The van der Waals surface area contributed by atoms with Crippen molar-refractivity contribution in [1.82, 2.24) is 19.5 Å².